The lowest BCUT2D eigenvalue weighted by Crippen LogP contribution is -2.64. The minimum Gasteiger partial charge on any atom is -0.453 e. The zero-order valence-electron chi connectivity index (χ0n) is 25.9. The van der Waals surface area contributed by atoms with Crippen LogP contribution in [0.4, 0.5) is 4.79 Å². The first-order valence-corrected chi connectivity index (χ1v) is 14.8. The Morgan fingerprint density at radius 1 is 0.929 bits per heavy atom. The van der Waals surface area contributed by atoms with Crippen molar-refractivity contribution in [1.29, 1.82) is 0 Å². The molecule has 3 atom stereocenters. The Hall–Kier alpha value is -3.17. The summed E-state index contributed by atoms with van der Waals surface area (Å²) in [4.78, 5) is 41.9. The van der Waals surface area contributed by atoms with E-state index in [-0.39, 0.29) is 20.0 Å². The normalized spacial score (nSPS) is 25.2. The van der Waals surface area contributed by atoms with Gasteiger partial charge in [-0.25, -0.2) is 9.59 Å². The number of hydrogen-bond donors (Lipinski definition) is 0. The summed E-state index contributed by atoms with van der Waals surface area (Å²) in [6.07, 6.45) is 1.04. The molecule has 226 valence electrons. The van der Waals surface area contributed by atoms with Crippen LogP contribution in [0.2, 0.25) is 6.32 Å². The number of nitrogens with zero attached hydrogens (tertiary/aromatic N) is 1. The summed E-state index contributed by atoms with van der Waals surface area (Å²) >= 11 is 0. The average molecular weight is 578 g/mol. The Morgan fingerprint density at radius 3 is 2.00 bits per heavy atom. The molecule has 0 saturated carbocycles. The number of rotatable bonds is 9. The zero-order chi connectivity index (χ0) is 30.8. The second kappa shape index (κ2) is 12.2. The Labute approximate surface area is 250 Å². The lowest BCUT2D eigenvalue weighted by atomic mass is 9.78. The van der Waals surface area contributed by atoms with Gasteiger partial charge in [-0.15, -0.1) is 0 Å². The molecule has 0 N–H and O–H groups in total. The maximum absolute atomic E-state index is 14.1. The Kier molecular flexibility index (Phi) is 9.24. The van der Waals surface area contributed by atoms with Gasteiger partial charge in [0.15, 0.2) is 11.6 Å². The van der Waals surface area contributed by atoms with Gasteiger partial charge in [0, 0.05) is 6.42 Å². The van der Waals surface area contributed by atoms with Crippen molar-refractivity contribution in [3.05, 3.63) is 71.8 Å². The standard InChI is InChI=1S/C33H44BNO7/c1-30(2,3)40-29(38)35-26(24-16-10-8-11-17-24)27(25-18-12-9-13-19-25)39-28(37)33(35,21-23-36)20-14-15-22-34-41-31(4,5)32(6,7)42-34/h8-13,16-19,23,26-27H,14-15,20-22H2,1-7H3/t26?,27?,33-/m1/s1. The number of esters is 1. The van der Waals surface area contributed by atoms with E-state index >= 15 is 0 Å². The summed E-state index contributed by atoms with van der Waals surface area (Å²) in [5, 5.41) is 0. The molecule has 2 aliphatic rings. The molecule has 8 nitrogen and oxygen atoms in total. The van der Waals surface area contributed by atoms with E-state index in [2.05, 4.69) is 0 Å². The van der Waals surface area contributed by atoms with E-state index in [1.807, 2.05) is 88.4 Å². The number of ether oxygens (including phenoxy) is 2. The quantitative estimate of drug-likeness (QED) is 0.139. The molecule has 4 rings (SSSR count). The number of aldehydes is 1. The molecular formula is C33H44BNO7. The van der Waals surface area contributed by atoms with Crippen molar-refractivity contribution in [2.75, 3.05) is 0 Å². The van der Waals surface area contributed by atoms with Crippen molar-refractivity contribution in [2.24, 2.45) is 0 Å². The maximum atomic E-state index is 14.1. The highest BCUT2D eigenvalue weighted by atomic mass is 16.7. The molecule has 0 spiro atoms. The molecule has 2 heterocycles. The number of cyclic esters (lactones) is 1. The molecule has 0 radical (unpaired) electrons. The molecule has 2 fully saturated rings. The smallest absolute Gasteiger partial charge is 0.453 e. The van der Waals surface area contributed by atoms with Crippen LogP contribution in [-0.2, 0) is 28.4 Å². The van der Waals surface area contributed by atoms with Crippen LogP contribution < -0.4 is 0 Å². The zero-order valence-corrected chi connectivity index (χ0v) is 25.9. The largest absolute Gasteiger partial charge is 0.457 e. The van der Waals surface area contributed by atoms with Gasteiger partial charge in [0.1, 0.15) is 17.9 Å². The van der Waals surface area contributed by atoms with Crippen molar-refractivity contribution in [1.82, 2.24) is 4.90 Å². The molecule has 2 saturated heterocycles. The van der Waals surface area contributed by atoms with Crippen LogP contribution in [-0.4, -0.2) is 52.7 Å². The first-order valence-electron chi connectivity index (χ1n) is 14.8. The summed E-state index contributed by atoms with van der Waals surface area (Å²) < 4.78 is 24.4. The predicted octanol–water partition coefficient (Wildman–Crippen LogP) is 6.85. The molecule has 2 aromatic carbocycles. The maximum Gasteiger partial charge on any atom is 0.457 e. The second-order valence-corrected chi connectivity index (χ2v) is 13.3. The van der Waals surface area contributed by atoms with Gasteiger partial charge in [0.2, 0.25) is 0 Å². The number of unbranched alkanes of at least 4 members (excludes halogenated alkanes) is 1. The fraction of sp³-hybridized carbons (Fsp3) is 0.545. The van der Waals surface area contributed by atoms with Crippen LogP contribution >= 0.6 is 0 Å². The molecule has 2 aliphatic heterocycles. The number of hydrogen-bond acceptors (Lipinski definition) is 7. The minimum absolute atomic E-state index is 0.216. The van der Waals surface area contributed by atoms with Gasteiger partial charge in [-0.3, -0.25) is 4.90 Å². The van der Waals surface area contributed by atoms with E-state index < -0.39 is 46.6 Å². The van der Waals surface area contributed by atoms with Crippen LogP contribution in [0.25, 0.3) is 0 Å². The summed E-state index contributed by atoms with van der Waals surface area (Å²) in [6, 6.07) is 18.1. The second-order valence-electron chi connectivity index (χ2n) is 13.3. The SMILES string of the molecule is CC(C)(C)OC(=O)N1C(c2ccccc2)C(c2ccccc2)OC(=O)[C@]1(CC=O)CCCCB1OC(C)(C)C(C)(C)O1. The topological polar surface area (TPSA) is 91.4 Å². The molecule has 1 amide bonds. The molecule has 42 heavy (non-hydrogen) atoms. The minimum atomic E-state index is -1.55. The molecule has 0 aromatic heterocycles. The summed E-state index contributed by atoms with van der Waals surface area (Å²) in [5.41, 5.74) is -1.73. The molecule has 2 unspecified atom stereocenters. The summed E-state index contributed by atoms with van der Waals surface area (Å²) in [6.45, 7) is 13.4. The Bertz CT molecular complexity index is 1230. The van der Waals surface area contributed by atoms with Crippen LogP contribution in [0.1, 0.15) is 97.4 Å². The molecule has 0 aliphatic carbocycles. The van der Waals surface area contributed by atoms with Gasteiger partial charge >= 0.3 is 19.2 Å². The number of carbonyl (C=O) groups is 3. The van der Waals surface area contributed by atoms with Crippen LogP contribution in [0.3, 0.4) is 0 Å². The molecular weight excluding hydrogens is 533 g/mol. The van der Waals surface area contributed by atoms with Gasteiger partial charge in [-0.05, 0) is 72.3 Å². The Balaban J connectivity index is 1.71. The van der Waals surface area contributed by atoms with E-state index in [1.54, 1.807) is 20.8 Å². The first-order chi connectivity index (χ1) is 19.7. The van der Waals surface area contributed by atoms with Crippen molar-refractivity contribution in [2.45, 2.75) is 115 Å². The number of amides is 1. The van der Waals surface area contributed by atoms with Crippen LogP contribution in [0.5, 0.6) is 0 Å². The summed E-state index contributed by atoms with van der Waals surface area (Å²) in [7, 11) is -0.378. The lowest BCUT2D eigenvalue weighted by molar-refractivity contribution is -0.190. The highest BCUT2D eigenvalue weighted by Crippen LogP contribution is 2.49. The highest BCUT2D eigenvalue weighted by Gasteiger charge is 2.58. The third-order valence-electron chi connectivity index (χ3n) is 8.50. The third-order valence-corrected chi connectivity index (χ3v) is 8.50. The lowest BCUT2D eigenvalue weighted by Gasteiger charge is -2.51. The van der Waals surface area contributed by atoms with Crippen molar-refractivity contribution >= 4 is 25.5 Å². The average Bonchev–Trinajstić information content (AvgIpc) is 3.13. The number of benzene rings is 2. The monoisotopic (exact) mass is 577 g/mol. The van der Waals surface area contributed by atoms with E-state index in [4.69, 9.17) is 18.8 Å². The van der Waals surface area contributed by atoms with Crippen molar-refractivity contribution < 1.29 is 33.2 Å². The fourth-order valence-electron chi connectivity index (χ4n) is 5.71. The molecule has 2 aromatic rings. The third kappa shape index (κ3) is 6.57. The van der Waals surface area contributed by atoms with Gasteiger partial charge in [-0.1, -0.05) is 73.5 Å². The first kappa shape index (κ1) is 31.8. The highest BCUT2D eigenvalue weighted by molar-refractivity contribution is 6.45. The van der Waals surface area contributed by atoms with Crippen LogP contribution in [0, 0.1) is 0 Å². The molecule has 0 bridgehead atoms. The number of morpholine rings is 1. The van der Waals surface area contributed by atoms with Gasteiger partial charge < -0.3 is 23.6 Å². The van der Waals surface area contributed by atoms with Crippen molar-refractivity contribution in [3.63, 3.8) is 0 Å². The fourth-order valence-corrected chi connectivity index (χ4v) is 5.71. The van der Waals surface area contributed by atoms with E-state index in [0.717, 1.165) is 11.1 Å². The predicted molar refractivity (Wildman–Crippen MR) is 161 cm³/mol. The van der Waals surface area contributed by atoms with Crippen LogP contribution in [0.15, 0.2) is 60.7 Å². The van der Waals surface area contributed by atoms with Gasteiger partial charge in [0.05, 0.1) is 11.2 Å². The van der Waals surface area contributed by atoms with Gasteiger partial charge in [-0.2, -0.15) is 0 Å². The van der Waals surface area contributed by atoms with E-state index in [0.29, 0.717) is 25.4 Å². The van der Waals surface area contributed by atoms with Crippen molar-refractivity contribution in [3.8, 4) is 0 Å². The van der Waals surface area contributed by atoms with Gasteiger partial charge in [0.25, 0.3) is 0 Å². The Morgan fingerprint density at radius 2 is 1.48 bits per heavy atom. The number of carbonyl (C=O) groups excluding carboxylic acids is 3. The molecule has 9 heteroatoms. The van der Waals surface area contributed by atoms with E-state index in [1.165, 1.54) is 4.90 Å². The summed E-state index contributed by atoms with van der Waals surface area (Å²) in [5.74, 6) is -0.614. The van der Waals surface area contributed by atoms with E-state index in [9.17, 15) is 14.4 Å².